The lowest BCUT2D eigenvalue weighted by Gasteiger charge is -2.31. The minimum atomic E-state index is -0.683. The maximum atomic E-state index is 13.2. The van der Waals surface area contributed by atoms with Crippen molar-refractivity contribution in [2.24, 2.45) is 0 Å². The van der Waals surface area contributed by atoms with Crippen LogP contribution in [0.2, 0.25) is 0 Å². The van der Waals surface area contributed by atoms with Crippen LogP contribution in [0.3, 0.4) is 0 Å². The van der Waals surface area contributed by atoms with Crippen LogP contribution in [-0.4, -0.2) is 16.7 Å². The molecule has 0 aliphatic heterocycles. The van der Waals surface area contributed by atoms with Gasteiger partial charge in [0.15, 0.2) is 11.6 Å². The predicted octanol–water partition coefficient (Wildman–Crippen LogP) is 4.08. The third-order valence-electron chi connectivity index (χ3n) is 5.05. The molecular weight excluding hydrogens is 330 g/mol. The molecule has 1 aromatic heterocycles. The molecule has 0 bridgehead atoms. The van der Waals surface area contributed by atoms with Gasteiger partial charge in [-0.05, 0) is 56.7 Å². The number of carbonyl (C=O) groups is 2. The number of fused-ring (bicyclic) bond motifs is 4. The Morgan fingerprint density at radius 2 is 1.96 bits per heavy atom. The van der Waals surface area contributed by atoms with Crippen LogP contribution in [0.4, 0.5) is 0 Å². The molecule has 0 amide bonds. The summed E-state index contributed by atoms with van der Waals surface area (Å²) in [6.07, 6.45) is 0. The van der Waals surface area contributed by atoms with Gasteiger partial charge in [0.1, 0.15) is 17.1 Å². The van der Waals surface area contributed by atoms with E-state index in [2.05, 4.69) is 6.07 Å². The molecule has 0 unspecified atom stereocenters. The Balaban J connectivity index is 2.07. The number of nitrogens with zero attached hydrogens (tertiary/aromatic N) is 1. The maximum absolute atomic E-state index is 13.2. The lowest BCUT2D eigenvalue weighted by molar-refractivity contribution is 0.101. The van der Waals surface area contributed by atoms with E-state index in [1.807, 2.05) is 13.8 Å². The van der Waals surface area contributed by atoms with E-state index in [9.17, 15) is 14.7 Å². The molecule has 5 heteroatoms. The van der Waals surface area contributed by atoms with E-state index in [1.165, 1.54) is 19.1 Å². The SMILES string of the molecule is CC(=O)c1cc2c(cc1O)C(C)(C)c1oc3cc(C#N)ccc3c1C2=O. The van der Waals surface area contributed by atoms with Gasteiger partial charge in [0.25, 0.3) is 0 Å². The highest BCUT2D eigenvalue weighted by atomic mass is 16.3. The quantitative estimate of drug-likeness (QED) is 0.671. The largest absolute Gasteiger partial charge is 0.507 e. The first kappa shape index (κ1) is 16.1. The van der Waals surface area contributed by atoms with Gasteiger partial charge >= 0.3 is 0 Å². The topological polar surface area (TPSA) is 91.3 Å². The highest BCUT2D eigenvalue weighted by Gasteiger charge is 2.42. The Kier molecular flexibility index (Phi) is 3.13. The third-order valence-corrected chi connectivity index (χ3v) is 5.05. The zero-order valence-corrected chi connectivity index (χ0v) is 14.5. The van der Waals surface area contributed by atoms with Gasteiger partial charge in [-0.3, -0.25) is 9.59 Å². The smallest absolute Gasteiger partial charge is 0.197 e. The first-order valence-corrected chi connectivity index (χ1v) is 8.16. The lowest BCUT2D eigenvalue weighted by Crippen LogP contribution is -2.29. The Hall–Kier alpha value is -3.39. The average Bonchev–Trinajstić information content (AvgIpc) is 2.99. The van der Waals surface area contributed by atoms with Crippen LogP contribution in [0.1, 0.15) is 63.9 Å². The second-order valence-corrected chi connectivity index (χ2v) is 7.05. The number of furan rings is 1. The van der Waals surface area contributed by atoms with Gasteiger partial charge in [0.05, 0.1) is 22.8 Å². The number of phenols is 1. The molecule has 0 fully saturated rings. The minimum Gasteiger partial charge on any atom is -0.507 e. The molecule has 1 aliphatic rings. The van der Waals surface area contributed by atoms with E-state index >= 15 is 0 Å². The molecule has 0 spiro atoms. The Labute approximate surface area is 149 Å². The molecule has 0 saturated carbocycles. The number of benzene rings is 2. The summed E-state index contributed by atoms with van der Waals surface area (Å²) >= 11 is 0. The van der Waals surface area contributed by atoms with Crippen molar-refractivity contribution in [2.45, 2.75) is 26.2 Å². The lowest BCUT2D eigenvalue weighted by atomic mass is 9.71. The van der Waals surface area contributed by atoms with Crippen molar-refractivity contribution in [1.29, 1.82) is 5.26 Å². The van der Waals surface area contributed by atoms with Gasteiger partial charge in [0, 0.05) is 16.4 Å². The molecular formula is C21H15NO4. The van der Waals surface area contributed by atoms with Crippen LogP contribution in [0.5, 0.6) is 5.75 Å². The minimum absolute atomic E-state index is 0.121. The van der Waals surface area contributed by atoms with Crippen molar-refractivity contribution in [3.63, 3.8) is 0 Å². The van der Waals surface area contributed by atoms with Crippen molar-refractivity contribution in [3.05, 3.63) is 63.9 Å². The Morgan fingerprint density at radius 3 is 2.62 bits per heavy atom. The number of hydrogen-bond donors (Lipinski definition) is 1. The summed E-state index contributed by atoms with van der Waals surface area (Å²) in [5.74, 6) is -0.212. The van der Waals surface area contributed by atoms with E-state index in [1.54, 1.807) is 18.2 Å². The number of nitriles is 1. The summed E-state index contributed by atoms with van der Waals surface area (Å²) in [6, 6.07) is 9.96. The summed E-state index contributed by atoms with van der Waals surface area (Å²) in [5.41, 5.74) is 1.80. The standard InChI is InChI=1S/C21H15NO4/c1-10(23)13-7-14-15(8-16(13)24)21(2,3)20-18(19(14)25)12-5-4-11(9-22)6-17(12)26-20/h4-8,24H,1-3H3. The molecule has 4 rings (SSSR count). The van der Waals surface area contributed by atoms with E-state index in [0.717, 1.165) is 0 Å². The van der Waals surface area contributed by atoms with Gasteiger partial charge in [-0.25, -0.2) is 0 Å². The molecule has 1 heterocycles. The predicted molar refractivity (Wildman–Crippen MR) is 94.6 cm³/mol. The summed E-state index contributed by atoms with van der Waals surface area (Å²) < 4.78 is 5.97. The molecule has 1 N–H and O–H groups in total. The van der Waals surface area contributed by atoms with Crippen molar-refractivity contribution in [3.8, 4) is 11.8 Å². The van der Waals surface area contributed by atoms with E-state index in [4.69, 9.17) is 9.68 Å². The number of phenolic OH excluding ortho intramolecular Hbond substituents is 1. The van der Waals surface area contributed by atoms with Crippen molar-refractivity contribution in [2.75, 3.05) is 0 Å². The molecule has 2 aromatic carbocycles. The van der Waals surface area contributed by atoms with Crippen LogP contribution in [0.25, 0.3) is 11.0 Å². The van der Waals surface area contributed by atoms with Crippen LogP contribution in [-0.2, 0) is 5.41 Å². The number of hydrogen-bond acceptors (Lipinski definition) is 5. The molecule has 0 atom stereocenters. The van der Waals surface area contributed by atoms with E-state index in [0.29, 0.717) is 39.0 Å². The van der Waals surface area contributed by atoms with Gasteiger partial charge < -0.3 is 9.52 Å². The fraction of sp³-hybridized carbons (Fsp3) is 0.190. The van der Waals surface area contributed by atoms with Crippen molar-refractivity contribution >= 4 is 22.5 Å². The second kappa shape index (κ2) is 5.06. The van der Waals surface area contributed by atoms with Gasteiger partial charge in [-0.2, -0.15) is 5.26 Å². The first-order valence-electron chi connectivity index (χ1n) is 8.16. The van der Waals surface area contributed by atoms with E-state index in [-0.39, 0.29) is 22.9 Å². The molecule has 26 heavy (non-hydrogen) atoms. The molecule has 0 saturated heterocycles. The summed E-state index contributed by atoms with van der Waals surface area (Å²) in [5, 5.41) is 19.9. The number of carbonyl (C=O) groups excluding carboxylic acids is 2. The van der Waals surface area contributed by atoms with Crippen LogP contribution in [0, 0.1) is 11.3 Å². The number of rotatable bonds is 1. The third kappa shape index (κ3) is 1.96. The zero-order chi connectivity index (χ0) is 18.8. The first-order chi connectivity index (χ1) is 12.3. The van der Waals surface area contributed by atoms with Crippen molar-refractivity contribution < 1.29 is 19.1 Å². The van der Waals surface area contributed by atoms with Gasteiger partial charge in [0.2, 0.25) is 0 Å². The molecule has 3 aromatic rings. The van der Waals surface area contributed by atoms with Gasteiger partial charge in [-0.15, -0.1) is 0 Å². The number of ketones is 2. The maximum Gasteiger partial charge on any atom is 0.197 e. The normalized spacial score (nSPS) is 14.6. The fourth-order valence-corrected chi connectivity index (χ4v) is 3.66. The van der Waals surface area contributed by atoms with Crippen LogP contribution in [0.15, 0.2) is 34.7 Å². The molecule has 0 radical (unpaired) electrons. The molecule has 5 nitrogen and oxygen atoms in total. The molecule has 128 valence electrons. The van der Waals surface area contributed by atoms with Crippen molar-refractivity contribution in [1.82, 2.24) is 0 Å². The summed E-state index contributed by atoms with van der Waals surface area (Å²) in [6.45, 7) is 5.15. The highest BCUT2D eigenvalue weighted by molar-refractivity contribution is 6.20. The zero-order valence-electron chi connectivity index (χ0n) is 14.5. The Morgan fingerprint density at radius 1 is 1.23 bits per heavy atom. The molecule has 1 aliphatic carbocycles. The second-order valence-electron chi connectivity index (χ2n) is 7.05. The number of aromatic hydroxyl groups is 1. The monoisotopic (exact) mass is 345 g/mol. The van der Waals surface area contributed by atoms with Crippen LogP contribution >= 0.6 is 0 Å². The fourth-order valence-electron chi connectivity index (χ4n) is 3.66. The Bertz CT molecular complexity index is 1170. The van der Waals surface area contributed by atoms with Crippen LogP contribution < -0.4 is 0 Å². The number of Topliss-reactive ketones (excluding diaryl/α,β-unsaturated/α-hetero) is 1. The summed E-state index contributed by atoms with van der Waals surface area (Å²) in [7, 11) is 0. The van der Waals surface area contributed by atoms with Gasteiger partial charge in [-0.1, -0.05) is 0 Å². The summed E-state index contributed by atoms with van der Waals surface area (Å²) in [4.78, 5) is 25.0. The average molecular weight is 345 g/mol. The highest BCUT2D eigenvalue weighted by Crippen LogP contribution is 2.46. The van der Waals surface area contributed by atoms with E-state index < -0.39 is 5.41 Å².